The van der Waals surface area contributed by atoms with E-state index >= 15 is 0 Å². The number of likely N-dealkylation sites (tertiary alicyclic amines) is 1. The summed E-state index contributed by atoms with van der Waals surface area (Å²) >= 11 is 0. The molecule has 2 saturated heterocycles. The number of ether oxygens (including phenoxy) is 1. The van der Waals surface area contributed by atoms with Gasteiger partial charge in [0.1, 0.15) is 22.0 Å². The van der Waals surface area contributed by atoms with Crippen molar-refractivity contribution >= 4 is 44.2 Å². The number of carbonyl (C=O) groups excluding carboxylic acids is 1. The number of aromatic nitrogens is 3. The molecule has 1 spiro atoms. The lowest BCUT2D eigenvalue weighted by molar-refractivity contribution is -0.384. The van der Waals surface area contributed by atoms with Crippen LogP contribution in [0.25, 0.3) is 11.0 Å². The van der Waals surface area contributed by atoms with Crippen molar-refractivity contribution < 1.29 is 28.0 Å². The highest BCUT2D eigenvalue weighted by molar-refractivity contribution is 7.90. The standard InChI is InChI=1S/C48H58N8O7S/c1-31(2)38-7-4-5-8-39(38)41-9-6-22-55(41)34-14-19-48(20-15-34)29-54(30-48)35-10-11-40(43(24-35)63-36-23-33-16-21-49-44(33)51-27-36)46(57)53-64(61,62)37-25-42(56(59)60)45(52-28-37)50-26-32-12-17-47(3,58)18-13-32/h4-5,7-8,10-11,16,21,23-25,27-28,31-32,34,41,58H,6,9,12-15,17-20,22,26,29-30H2,1-3H3,(H,49,51)(H,50,52)(H,53,57)/t32?,41-,47?/m1/s1. The van der Waals surface area contributed by atoms with Crippen molar-refractivity contribution in [1.29, 1.82) is 0 Å². The lowest BCUT2D eigenvalue weighted by atomic mass is 9.67. The molecular weight excluding hydrogens is 833 g/mol. The first-order valence-corrected chi connectivity index (χ1v) is 24.2. The maximum absolute atomic E-state index is 13.9. The largest absolute Gasteiger partial charge is 0.455 e. The van der Waals surface area contributed by atoms with Crippen LogP contribution in [0.1, 0.15) is 118 Å². The first kappa shape index (κ1) is 43.7. The van der Waals surface area contributed by atoms with Gasteiger partial charge in [-0.25, -0.2) is 23.1 Å². The maximum atomic E-state index is 13.9. The van der Waals surface area contributed by atoms with Crippen molar-refractivity contribution in [3.05, 3.63) is 106 Å². The van der Waals surface area contributed by atoms with Gasteiger partial charge >= 0.3 is 5.69 Å². The van der Waals surface area contributed by atoms with Crippen LogP contribution in [-0.4, -0.2) is 82.0 Å². The number of nitrogens with zero attached hydrogens (tertiary/aromatic N) is 5. The van der Waals surface area contributed by atoms with Gasteiger partial charge in [-0.1, -0.05) is 38.1 Å². The van der Waals surface area contributed by atoms with Crippen LogP contribution >= 0.6 is 0 Å². The third-order valence-corrected chi connectivity index (χ3v) is 15.6. The van der Waals surface area contributed by atoms with Crippen molar-refractivity contribution in [2.24, 2.45) is 11.3 Å². The summed E-state index contributed by atoms with van der Waals surface area (Å²) in [4.78, 5) is 41.5. The topological polar surface area (TPSA) is 196 Å². The number of hydrogen-bond donors (Lipinski definition) is 4. The number of carbonyl (C=O) groups is 1. The van der Waals surface area contributed by atoms with E-state index in [2.05, 4.69) is 72.9 Å². The smallest absolute Gasteiger partial charge is 0.312 e. The van der Waals surface area contributed by atoms with Gasteiger partial charge in [0.15, 0.2) is 0 Å². The number of aliphatic hydroxyl groups is 1. The maximum Gasteiger partial charge on any atom is 0.312 e. The predicted molar refractivity (Wildman–Crippen MR) is 245 cm³/mol. The van der Waals surface area contributed by atoms with Crippen molar-refractivity contribution in [1.82, 2.24) is 24.6 Å². The molecule has 3 aromatic heterocycles. The quantitative estimate of drug-likeness (QED) is 0.0649. The number of hydrogen-bond acceptors (Lipinski definition) is 12. The minimum Gasteiger partial charge on any atom is -0.455 e. The van der Waals surface area contributed by atoms with Crippen molar-refractivity contribution in [3.8, 4) is 11.5 Å². The summed E-state index contributed by atoms with van der Waals surface area (Å²) < 4.78 is 35.8. The van der Waals surface area contributed by atoms with Crippen LogP contribution in [0.3, 0.4) is 0 Å². The fraction of sp³-hybridized carbons (Fsp3) is 0.479. The molecule has 9 rings (SSSR count). The molecule has 1 atom stereocenters. The van der Waals surface area contributed by atoms with E-state index in [9.17, 15) is 28.4 Å². The Hall–Kier alpha value is -5.58. The molecule has 2 aliphatic carbocycles. The summed E-state index contributed by atoms with van der Waals surface area (Å²) in [6.07, 6.45) is 14.0. The highest BCUT2D eigenvalue weighted by Crippen LogP contribution is 2.49. The Labute approximate surface area is 374 Å². The van der Waals surface area contributed by atoms with Gasteiger partial charge < -0.3 is 25.0 Å². The molecule has 2 saturated carbocycles. The lowest BCUT2D eigenvalue weighted by Crippen LogP contribution is -2.59. The molecule has 0 unspecified atom stereocenters. The number of H-pyrrole nitrogens is 1. The Morgan fingerprint density at radius 2 is 1.77 bits per heavy atom. The van der Waals surface area contributed by atoms with Gasteiger partial charge in [-0.2, -0.15) is 0 Å². The molecule has 4 aliphatic rings. The Kier molecular flexibility index (Phi) is 11.9. The van der Waals surface area contributed by atoms with E-state index < -0.39 is 37.0 Å². The van der Waals surface area contributed by atoms with Gasteiger partial charge in [-0.15, -0.1) is 0 Å². The summed E-state index contributed by atoms with van der Waals surface area (Å²) in [6, 6.07) is 19.7. The van der Waals surface area contributed by atoms with Gasteiger partial charge in [0, 0.05) is 66.5 Å². The first-order chi connectivity index (χ1) is 30.7. The molecule has 64 heavy (non-hydrogen) atoms. The summed E-state index contributed by atoms with van der Waals surface area (Å²) in [5.41, 5.74) is 3.38. The van der Waals surface area contributed by atoms with Crippen LogP contribution in [0.2, 0.25) is 0 Å². The Bertz CT molecular complexity index is 2640. The Morgan fingerprint density at radius 1 is 1.00 bits per heavy atom. The minimum atomic E-state index is -4.62. The van der Waals surface area contributed by atoms with Crippen LogP contribution in [-0.2, 0) is 10.0 Å². The lowest BCUT2D eigenvalue weighted by Gasteiger charge is -2.55. The van der Waals surface area contributed by atoms with E-state index in [-0.39, 0.29) is 28.5 Å². The second-order valence-electron chi connectivity index (χ2n) is 19.2. The fourth-order valence-corrected chi connectivity index (χ4v) is 11.6. The second-order valence-corrected chi connectivity index (χ2v) is 20.9. The zero-order chi connectivity index (χ0) is 44.8. The zero-order valence-electron chi connectivity index (χ0n) is 36.8. The molecular formula is C48H58N8O7S. The Morgan fingerprint density at radius 3 is 2.52 bits per heavy atom. The van der Waals surface area contributed by atoms with Gasteiger partial charge in [-0.3, -0.25) is 19.8 Å². The average molecular weight is 891 g/mol. The first-order valence-electron chi connectivity index (χ1n) is 22.7. The highest BCUT2D eigenvalue weighted by atomic mass is 32.2. The second kappa shape index (κ2) is 17.4. The highest BCUT2D eigenvalue weighted by Gasteiger charge is 2.47. The number of nitro groups is 1. The van der Waals surface area contributed by atoms with Gasteiger partial charge in [-0.05, 0) is 125 Å². The molecule has 2 aromatic carbocycles. The van der Waals surface area contributed by atoms with Gasteiger partial charge in [0.05, 0.1) is 28.5 Å². The summed E-state index contributed by atoms with van der Waals surface area (Å²) in [5, 5.41) is 26.2. The minimum absolute atomic E-state index is 0.0383. The number of sulfonamides is 1. The molecule has 1 amide bonds. The molecule has 5 heterocycles. The molecule has 4 N–H and O–H groups in total. The molecule has 15 nitrogen and oxygen atoms in total. The van der Waals surface area contributed by atoms with E-state index in [0.29, 0.717) is 48.8 Å². The SMILES string of the molecule is CC(C)c1ccccc1[C@H]1CCCN1C1CCC2(CC1)CN(c1ccc(C(=O)NS(=O)(=O)c3cnc(NCC4CCC(C)(O)CC4)c([N+](=O)[O-])c3)c(Oc3cnc4[nH]ccc4c3)c1)C2. The van der Waals surface area contributed by atoms with Crippen molar-refractivity contribution in [2.45, 2.75) is 113 Å². The molecule has 5 aromatic rings. The van der Waals surface area contributed by atoms with Crippen LogP contribution in [0.5, 0.6) is 11.5 Å². The normalized spacial score (nSPS) is 22.7. The van der Waals surface area contributed by atoms with Crippen molar-refractivity contribution in [2.75, 3.05) is 36.4 Å². The predicted octanol–water partition coefficient (Wildman–Crippen LogP) is 8.84. The van der Waals surface area contributed by atoms with E-state index in [1.54, 1.807) is 31.3 Å². The molecule has 338 valence electrons. The number of nitrogens with one attached hydrogen (secondary N) is 3. The molecule has 2 aliphatic heterocycles. The summed E-state index contributed by atoms with van der Waals surface area (Å²) in [6.45, 7) is 9.64. The molecule has 4 fully saturated rings. The van der Waals surface area contributed by atoms with Gasteiger partial charge in [0.25, 0.3) is 15.9 Å². The van der Waals surface area contributed by atoms with Crippen molar-refractivity contribution in [3.63, 3.8) is 0 Å². The Balaban J connectivity index is 0.895. The van der Waals surface area contributed by atoms with Crippen LogP contribution in [0, 0.1) is 21.4 Å². The average Bonchev–Trinajstić information content (AvgIpc) is 3.95. The number of amides is 1. The molecule has 0 bridgehead atoms. The van der Waals surface area contributed by atoms with E-state index in [1.807, 2.05) is 12.1 Å². The number of benzene rings is 2. The van der Waals surface area contributed by atoms with Gasteiger partial charge in [0.2, 0.25) is 5.82 Å². The number of pyridine rings is 2. The van der Waals surface area contributed by atoms with E-state index in [4.69, 9.17) is 4.74 Å². The third-order valence-electron chi connectivity index (χ3n) is 14.3. The number of anilines is 2. The zero-order valence-corrected chi connectivity index (χ0v) is 37.6. The van der Waals surface area contributed by atoms with Crippen LogP contribution in [0.15, 0.2) is 84.1 Å². The summed E-state index contributed by atoms with van der Waals surface area (Å²) in [7, 11) is -4.62. The van der Waals surface area contributed by atoms with Crippen LogP contribution in [0.4, 0.5) is 17.2 Å². The third kappa shape index (κ3) is 9.04. The summed E-state index contributed by atoms with van der Waals surface area (Å²) in [5.74, 6) is 0.117. The number of fused-ring (bicyclic) bond motifs is 1. The molecule has 16 heteroatoms. The number of aromatic amines is 1. The van der Waals surface area contributed by atoms with E-state index in [1.165, 1.54) is 30.2 Å². The fourth-order valence-electron chi connectivity index (χ4n) is 10.6. The number of rotatable bonds is 13. The van der Waals surface area contributed by atoms with Crippen LogP contribution < -0.4 is 19.7 Å². The molecule has 0 radical (unpaired) electrons. The van der Waals surface area contributed by atoms with E-state index in [0.717, 1.165) is 81.5 Å². The monoisotopic (exact) mass is 890 g/mol.